The Labute approximate surface area is 96.6 Å². The van der Waals surface area contributed by atoms with E-state index in [0.717, 1.165) is 12.1 Å². The van der Waals surface area contributed by atoms with Gasteiger partial charge in [-0.15, -0.1) is 0 Å². The molecule has 2 rings (SSSR count). The first-order chi connectivity index (χ1) is 7.39. The third-order valence-corrected chi connectivity index (χ3v) is 3.19. The molecule has 0 aliphatic carbocycles. The lowest BCUT2D eigenvalue weighted by atomic mass is 9.75. The maximum atomic E-state index is 9.15. The maximum Gasteiger partial charge on any atom is 0.488 e. The number of nitrogens with one attached hydrogen (secondary N) is 1. The van der Waals surface area contributed by atoms with Crippen LogP contribution in [0.2, 0.25) is 0 Å². The van der Waals surface area contributed by atoms with Crippen LogP contribution in [0.1, 0.15) is 38.7 Å². The van der Waals surface area contributed by atoms with E-state index in [4.69, 9.17) is 10.0 Å². The van der Waals surface area contributed by atoms with E-state index in [1.54, 1.807) is 6.07 Å². The Hall–Kier alpha value is -0.995. The quantitative estimate of drug-likeness (QED) is 0.619. The van der Waals surface area contributed by atoms with E-state index in [2.05, 4.69) is 26.1 Å². The number of hydrogen-bond donors (Lipinski definition) is 3. The average molecular weight is 219 g/mol. The summed E-state index contributed by atoms with van der Waals surface area (Å²) in [5.41, 5.74) is 2.94. The number of hydrogen-bond acceptors (Lipinski definition) is 3. The standard InChI is InChI=1S/C12H18BNO2/c1-8-7-12(2,3)14-11-5-4-9(13(15)16)6-10(8)11/h4-6,8,14-16H,7H2,1-3H3. The van der Waals surface area contributed by atoms with Crippen molar-refractivity contribution in [3.63, 3.8) is 0 Å². The fourth-order valence-electron chi connectivity index (χ4n) is 2.55. The van der Waals surface area contributed by atoms with Crippen LogP contribution in [-0.4, -0.2) is 22.7 Å². The largest absolute Gasteiger partial charge is 0.488 e. The molecule has 0 saturated heterocycles. The van der Waals surface area contributed by atoms with Crippen molar-refractivity contribution < 1.29 is 10.0 Å². The van der Waals surface area contributed by atoms with E-state index >= 15 is 0 Å². The average Bonchev–Trinajstić information content (AvgIpc) is 2.15. The molecule has 1 unspecified atom stereocenters. The third kappa shape index (κ3) is 2.08. The molecule has 0 radical (unpaired) electrons. The van der Waals surface area contributed by atoms with Gasteiger partial charge in [0.05, 0.1) is 0 Å². The van der Waals surface area contributed by atoms with E-state index < -0.39 is 7.12 Å². The SMILES string of the molecule is CC1CC(C)(C)Nc2ccc(B(O)O)cc21. The van der Waals surface area contributed by atoms with Crippen LogP contribution in [0, 0.1) is 0 Å². The molecule has 0 amide bonds. The highest BCUT2D eigenvalue weighted by atomic mass is 16.4. The summed E-state index contributed by atoms with van der Waals surface area (Å²) in [5.74, 6) is 0.435. The Balaban J connectivity index is 2.41. The summed E-state index contributed by atoms with van der Waals surface area (Å²) in [6, 6.07) is 5.57. The maximum absolute atomic E-state index is 9.15. The van der Waals surface area contributed by atoms with Gasteiger partial charge >= 0.3 is 7.12 Å². The molecule has 1 atom stereocenters. The molecule has 0 aromatic heterocycles. The molecule has 1 aromatic carbocycles. The molecule has 1 aliphatic heterocycles. The van der Waals surface area contributed by atoms with Gasteiger partial charge in [0, 0.05) is 11.2 Å². The van der Waals surface area contributed by atoms with Crippen LogP contribution in [0.15, 0.2) is 18.2 Å². The van der Waals surface area contributed by atoms with Gasteiger partial charge in [0.25, 0.3) is 0 Å². The van der Waals surface area contributed by atoms with Gasteiger partial charge in [0.1, 0.15) is 0 Å². The van der Waals surface area contributed by atoms with Gasteiger partial charge in [-0.3, -0.25) is 0 Å². The Morgan fingerprint density at radius 1 is 1.38 bits per heavy atom. The van der Waals surface area contributed by atoms with Gasteiger partial charge in [-0.2, -0.15) is 0 Å². The van der Waals surface area contributed by atoms with Crippen LogP contribution in [0.3, 0.4) is 0 Å². The van der Waals surface area contributed by atoms with Gasteiger partial charge in [-0.1, -0.05) is 19.1 Å². The summed E-state index contributed by atoms with van der Waals surface area (Å²) < 4.78 is 0. The molecule has 4 heteroatoms. The Morgan fingerprint density at radius 2 is 2.06 bits per heavy atom. The van der Waals surface area contributed by atoms with Crippen molar-refractivity contribution in [2.45, 2.75) is 38.6 Å². The lowest BCUT2D eigenvalue weighted by Gasteiger charge is -2.37. The lowest BCUT2D eigenvalue weighted by Crippen LogP contribution is -2.38. The summed E-state index contributed by atoms with van der Waals surface area (Å²) in [6.45, 7) is 6.54. The zero-order chi connectivity index (χ0) is 11.9. The van der Waals surface area contributed by atoms with Crippen molar-refractivity contribution in [3.8, 4) is 0 Å². The van der Waals surface area contributed by atoms with E-state index in [1.165, 1.54) is 5.56 Å². The van der Waals surface area contributed by atoms with E-state index in [1.807, 2.05) is 12.1 Å². The summed E-state index contributed by atoms with van der Waals surface area (Å²) in [7, 11) is -1.38. The first-order valence-electron chi connectivity index (χ1n) is 5.67. The van der Waals surface area contributed by atoms with E-state index in [9.17, 15) is 0 Å². The monoisotopic (exact) mass is 219 g/mol. The van der Waals surface area contributed by atoms with Gasteiger partial charge in [0.15, 0.2) is 0 Å². The molecule has 1 heterocycles. The Kier molecular flexibility index (Phi) is 2.72. The molecule has 3 N–H and O–H groups in total. The summed E-state index contributed by atoms with van der Waals surface area (Å²) in [6.07, 6.45) is 1.05. The van der Waals surface area contributed by atoms with Gasteiger partial charge < -0.3 is 15.4 Å². The van der Waals surface area contributed by atoms with Crippen molar-refractivity contribution >= 4 is 18.3 Å². The second kappa shape index (κ2) is 3.79. The molecule has 0 fully saturated rings. The summed E-state index contributed by atoms with van der Waals surface area (Å²) in [4.78, 5) is 0. The molecule has 1 aliphatic rings. The molecule has 1 aromatic rings. The molecular weight excluding hydrogens is 201 g/mol. The zero-order valence-electron chi connectivity index (χ0n) is 9.99. The molecule has 0 saturated carbocycles. The number of rotatable bonds is 1. The molecular formula is C12H18BNO2. The summed E-state index contributed by atoms with van der Waals surface area (Å²) >= 11 is 0. The predicted molar refractivity (Wildman–Crippen MR) is 67.0 cm³/mol. The molecule has 0 spiro atoms. The van der Waals surface area contributed by atoms with Crippen LogP contribution in [0.5, 0.6) is 0 Å². The molecule has 86 valence electrons. The third-order valence-electron chi connectivity index (χ3n) is 3.19. The Bertz CT molecular complexity index is 404. The first-order valence-corrected chi connectivity index (χ1v) is 5.67. The lowest BCUT2D eigenvalue weighted by molar-refractivity contribution is 0.425. The van der Waals surface area contributed by atoms with Gasteiger partial charge in [-0.25, -0.2) is 0 Å². The van der Waals surface area contributed by atoms with Crippen molar-refractivity contribution in [1.29, 1.82) is 0 Å². The van der Waals surface area contributed by atoms with Crippen LogP contribution in [-0.2, 0) is 0 Å². The van der Waals surface area contributed by atoms with Crippen LogP contribution in [0.25, 0.3) is 0 Å². The summed E-state index contributed by atoms with van der Waals surface area (Å²) in [5, 5.41) is 21.8. The molecule has 16 heavy (non-hydrogen) atoms. The molecule has 0 bridgehead atoms. The minimum atomic E-state index is -1.38. The zero-order valence-corrected chi connectivity index (χ0v) is 9.99. The second-order valence-electron chi connectivity index (χ2n) is 5.33. The highest BCUT2D eigenvalue weighted by Crippen LogP contribution is 2.37. The van der Waals surface area contributed by atoms with Crippen molar-refractivity contribution in [2.75, 3.05) is 5.32 Å². The van der Waals surface area contributed by atoms with E-state index in [-0.39, 0.29) is 5.54 Å². The minimum absolute atomic E-state index is 0.103. The number of fused-ring (bicyclic) bond motifs is 1. The van der Waals surface area contributed by atoms with Crippen molar-refractivity contribution in [2.24, 2.45) is 0 Å². The van der Waals surface area contributed by atoms with Crippen LogP contribution >= 0.6 is 0 Å². The number of anilines is 1. The highest BCUT2D eigenvalue weighted by molar-refractivity contribution is 6.58. The minimum Gasteiger partial charge on any atom is -0.423 e. The number of benzene rings is 1. The fraction of sp³-hybridized carbons (Fsp3) is 0.500. The second-order valence-corrected chi connectivity index (χ2v) is 5.33. The van der Waals surface area contributed by atoms with Gasteiger partial charge in [-0.05, 0) is 43.3 Å². The van der Waals surface area contributed by atoms with Gasteiger partial charge in [0.2, 0.25) is 0 Å². The normalized spacial score (nSPS) is 22.2. The Morgan fingerprint density at radius 3 is 2.69 bits per heavy atom. The van der Waals surface area contributed by atoms with Crippen molar-refractivity contribution in [3.05, 3.63) is 23.8 Å². The van der Waals surface area contributed by atoms with Crippen molar-refractivity contribution in [1.82, 2.24) is 0 Å². The molecule has 3 nitrogen and oxygen atoms in total. The fourth-order valence-corrected chi connectivity index (χ4v) is 2.55. The first kappa shape index (κ1) is 11.5. The topological polar surface area (TPSA) is 52.5 Å². The predicted octanol–water partition coefficient (Wildman–Crippen LogP) is 1.06. The van der Waals surface area contributed by atoms with E-state index in [0.29, 0.717) is 11.4 Å². The smallest absolute Gasteiger partial charge is 0.423 e. The van der Waals surface area contributed by atoms with Crippen LogP contribution < -0.4 is 10.8 Å². The highest BCUT2D eigenvalue weighted by Gasteiger charge is 2.29. The van der Waals surface area contributed by atoms with Crippen LogP contribution in [0.4, 0.5) is 5.69 Å².